The van der Waals surface area contributed by atoms with Crippen molar-refractivity contribution in [1.29, 1.82) is 0 Å². The van der Waals surface area contributed by atoms with Gasteiger partial charge in [0.05, 0.1) is 16.8 Å². The zero-order valence-electron chi connectivity index (χ0n) is 7.16. The van der Waals surface area contributed by atoms with Crippen molar-refractivity contribution in [2.24, 2.45) is 4.99 Å². The smallest absolute Gasteiger partial charge is 0.0855 e. The Labute approximate surface area is 81.4 Å². The van der Waals surface area contributed by atoms with Crippen molar-refractivity contribution in [2.45, 2.75) is 5.25 Å². The molecular formula is C10H10N2S. The molecule has 0 radical (unpaired) electrons. The molecule has 2 aliphatic heterocycles. The van der Waals surface area contributed by atoms with Crippen LogP contribution in [-0.2, 0) is 0 Å². The van der Waals surface area contributed by atoms with Crippen LogP contribution in [0.2, 0.25) is 0 Å². The molecule has 0 saturated carbocycles. The van der Waals surface area contributed by atoms with Crippen LogP contribution in [0.15, 0.2) is 29.3 Å². The van der Waals surface area contributed by atoms with Gasteiger partial charge in [-0.05, 0) is 6.07 Å². The SMILES string of the molecule is c1ccc2c(c1)NCC1SCN=C21. The van der Waals surface area contributed by atoms with E-state index < -0.39 is 0 Å². The van der Waals surface area contributed by atoms with Crippen LogP contribution in [0.1, 0.15) is 5.56 Å². The average molecular weight is 190 g/mol. The third-order valence-electron chi connectivity index (χ3n) is 2.50. The molecule has 1 atom stereocenters. The summed E-state index contributed by atoms with van der Waals surface area (Å²) in [5, 5.41) is 4.01. The molecule has 13 heavy (non-hydrogen) atoms. The van der Waals surface area contributed by atoms with E-state index in [2.05, 4.69) is 34.6 Å². The number of benzene rings is 1. The molecule has 0 bridgehead atoms. The van der Waals surface area contributed by atoms with Gasteiger partial charge in [-0.2, -0.15) is 0 Å². The standard InChI is InChI=1S/C10H10N2S/c1-2-4-8-7(3-1)10-9(5-11-8)13-6-12-10/h1-4,9,11H,5-6H2. The number of anilines is 1. The fourth-order valence-electron chi connectivity index (χ4n) is 1.86. The fraction of sp³-hybridized carbons (Fsp3) is 0.300. The van der Waals surface area contributed by atoms with Gasteiger partial charge in [-0.15, -0.1) is 11.8 Å². The number of para-hydroxylation sites is 1. The number of nitrogens with one attached hydrogen (secondary N) is 1. The molecule has 0 saturated heterocycles. The maximum atomic E-state index is 4.54. The molecule has 0 aliphatic carbocycles. The van der Waals surface area contributed by atoms with Crippen molar-refractivity contribution in [2.75, 3.05) is 17.7 Å². The van der Waals surface area contributed by atoms with Crippen LogP contribution in [0.4, 0.5) is 5.69 Å². The number of hydrogen-bond acceptors (Lipinski definition) is 3. The van der Waals surface area contributed by atoms with Gasteiger partial charge >= 0.3 is 0 Å². The van der Waals surface area contributed by atoms with Crippen LogP contribution >= 0.6 is 11.8 Å². The number of hydrogen-bond donors (Lipinski definition) is 1. The minimum absolute atomic E-state index is 0.579. The minimum atomic E-state index is 0.579. The van der Waals surface area contributed by atoms with E-state index in [1.807, 2.05) is 11.8 Å². The highest BCUT2D eigenvalue weighted by Crippen LogP contribution is 2.31. The molecule has 66 valence electrons. The van der Waals surface area contributed by atoms with Gasteiger partial charge < -0.3 is 5.32 Å². The second kappa shape index (κ2) is 2.77. The van der Waals surface area contributed by atoms with Gasteiger partial charge in [0.1, 0.15) is 0 Å². The van der Waals surface area contributed by atoms with Crippen LogP contribution in [0.25, 0.3) is 0 Å². The molecule has 1 aromatic rings. The lowest BCUT2D eigenvalue weighted by Gasteiger charge is -2.23. The third-order valence-corrected chi connectivity index (χ3v) is 3.57. The van der Waals surface area contributed by atoms with Gasteiger partial charge in [-0.1, -0.05) is 18.2 Å². The van der Waals surface area contributed by atoms with Gasteiger partial charge in [0.25, 0.3) is 0 Å². The normalized spacial score (nSPS) is 24.3. The van der Waals surface area contributed by atoms with E-state index in [1.54, 1.807) is 0 Å². The van der Waals surface area contributed by atoms with E-state index in [9.17, 15) is 0 Å². The van der Waals surface area contributed by atoms with Gasteiger partial charge in [0.2, 0.25) is 0 Å². The lowest BCUT2D eigenvalue weighted by molar-refractivity contribution is 1.10. The van der Waals surface area contributed by atoms with E-state index in [0.717, 1.165) is 12.4 Å². The Balaban J connectivity index is 2.15. The highest BCUT2D eigenvalue weighted by molar-refractivity contribution is 8.01. The number of aliphatic imine (C=N–C) groups is 1. The molecule has 3 heteroatoms. The van der Waals surface area contributed by atoms with E-state index in [0.29, 0.717) is 5.25 Å². The molecule has 0 fully saturated rings. The quantitative estimate of drug-likeness (QED) is 0.676. The zero-order valence-corrected chi connectivity index (χ0v) is 7.97. The second-order valence-electron chi connectivity index (χ2n) is 3.25. The third kappa shape index (κ3) is 1.07. The summed E-state index contributed by atoms with van der Waals surface area (Å²) in [5.74, 6) is 0.927. The van der Waals surface area contributed by atoms with Crippen LogP contribution in [-0.4, -0.2) is 23.4 Å². The lowest BCUT2D eigenvalue weighted by Crippen LogP contribution is -2.30. The Morgan fingerprint density at radius 3 is 3.31 bits per heavy atom. The Morgan fingerprint density at radius 2 is 2.31 bits per heavy atom. The summed E-state index contributed by atoms with van der Waals surface area (Å²) >= 11 is 1.92. The number of nitrogens with zero attached hydrogens (tertiary/aromatic N) is 1. The summed E-state index contributed by atoms with van der Waals surface area (Å²) in [7, 11) is 0. The first-order valence-corrected chi connectivity index (χ1v) is 5.49. The maximum absolute atomic E-state index is 4.54. The van der Waals surface area contributed by atoms with E-state index in [1.165, 1.54) is 17.0 Å². The first-order valence-electron chi connectivity index (χ1n) is 4.44. The predicted molar refractivity (Wildman–Crippen MR) is 57.7 cm³/mol. The summed E-state index contributed by atoms with van der Waals surface area (Å²) in [5.41, 5.74) is 3.82. The summed E-state index contributed by atoms with van der Waals surface area (Å²) < 4.78 is 0. The second-order valence-corrected chi connectivity index (χ2v) is 4.41. The average Bonchev–Trinajstić information content (AvgIpc) is 2.65. The Bertz CT molecular complexity index is 373. The monoisotopic (exact) mass is 190 g/mol. The molecule has 1 aromatic carbocycles. The molecule has 2 aliphatic rings. The van der Waals surface area contributed by atoms with Crippen molar-refractivity contribution in [3.05, 3.63) is 29.8 Å². The van der Waals surface area contributed by atoms with Crippen LogP contribution in [0.3, 0.4) is 0 Å². The molecule has 2 nitrogen and oxygen atoms in total. The molecule has 2 heterocycles. The van der Waals surface area contributed by atoms with Crippen molar-refractivity contribution >= 4 is 23.2 Å². The first-order chi connectivity index (χ1) is 6.45. The molecule has 0 aromatic heterocycles. The molecule has 0 amide bonds. The lowest BCUT2D eigenvalue weighted by atomic mass is 10.0. The molecular weight excluding hydrogens is 180 g/mol. The number of fused-ring (bicyclic) bond motifs is 3. The number of thioether (sulfide) groups is 1. The largest absolute Gasteiger partial charge is 0.383 e. The molecule has 1 unspecified atom stereocenters. The number of rotatable bonds is 0. The summed E-state index contributed by atoms with van der Waals surface area (Å²) in [6.45, 7) is 1.03. The first kappa shape index (κ1) is 7.44. The summed E-state index contributed by atoms with van der Waals surface area (Å²) in [6, 6.07) is 8.42. The fourth-order valence-corrected chi connectivity index (χ4v) is 2.81. The summed E-state index contributed by atoms with van der Waals surface area (Å²) in [6.07, 6.45) is 0. The predicted octanol–water partition coefficient (Wildman–Crippen LogP) is 1.97. The van der Waals surface area contributed by atoms with Crippen molar-refractivity contribution < 1.29 is 0 Å². The molecule has 0 spiro atoms. The Morgan fingerprint density at radius 1 is 1.38 bits per heavy atom. The maximum Gasteiger partial charge on any atom is 0.0855 e. The van der Waals surface area contributed by atoms with E-state index >= 15 is 0 Å². The highest BCUT2D eigenvalue weighted by Gasteiger charge is 2.28. The van der Waals surface area contributed by atoms with Gasteiger partial charge in [-0.25, -0.2) is 0 Å². The van der Waals surface area contributed by atoms with E-state index in [-0.39, 0.29) is 0 Å². The zero-order chi connectivity index (χ0) is 8.67. The van der Waals surface area contributed by atoms with Crippen molar-refractivity contribution in [3.63, 3.8) is 0 Å². The highest BCUT2D eigenvalue weighted by atomic mass is 32.2. The van der Waals surface area contributed by atoms with Gasteiger partial charge in [0, 0.05) is 17.8 Å². The minimum Gasteiger partial charge on any atom is -0.383 e. The Hall–Kier alpha value is -0.960. The van der Waals surface area contributed by atoms with Crippen molar-refractivity contribution in [3.8, 4) is 0 Å². The van der Waals surface area contributed by atoms with Crippen molar-refractivity contribution in [1.82, 2.24) is 0 Å². The summed E-state index contributed by atoms with van der Waals surface area (Å²) in [4.78, 5) is 4.54. The van der Waals surface area contributed by atoms with Gasteiger partial charge in [0.15, 0.2) is 0 Å². The van der Waals surface area contributed by atoms with Gasteiger partial charge in [-0.3, -0.25) is 4.99 Å². The molecule has 1 N–H and O–H groups in total. The van der Waals surface area contributed by atoms with Crippen LogP contribution in [0.5, 0.6) is 0 Å². The van der Waals surface area contributed by atoms with Crippen LogP contribution < -0.4 is 5.32 Å². The molecule has 3 rings (SSSR count). The van der Waals surface area contributed by atoms with Crippen LogP contribution in [0, 0.1) is 0 Å². The topological polar surface area (TPSA) is 24.4 Å². The Kier molecular flexibility index (Phi) is 1.59. The van der Waals surface area contributed by atoms with E-state index in [4.69, 9.17) is 0 Å².